The van der Waals surface area contributed by atoms with E-state index in [0.717, 1.165) is 12.0 Å². The van der Waals surface area contributed by atoms with Crippen LogP contribution in [0.3, 0.4) is 0 Å². The van der Waals surface area contributed by atoms with Gasteiger partial charge >= 0.3 is 5.97 Å². The molecule has 4 heteroatoms. The molecule has 0 aromatic heterocycles. The van der Waals surface area contributed by atoms with Crippen LogP contribution in [0.5, 0.6) is 0 Å². The van der Waals surface area contributed by atoms with Crippen molar-refractivity contribution in [1.82, 2.24) is 4.90 Å². The van der Waals surface area contributed by atoms with Gasteiger partial charge in [-0.2, -0.15) is 0 Å². The molecule has 0 radical (unpaired) electrons. The highest BCUT2D eigenvalue weighted by Gasteiger charge is 2.50. The van der Waals surface area contributed by atoms with Gasteiger partial charge in [0.25, 0.3) is 0 Å². The maximum absolute atomic E-state index is 12.5. The highest BCUT2D eigenvalue weighted by molar-refractivity contribution is 5.89. The third kappa shape index (κ3) is 3.18. The average molecular weight is 275 g/mol. The van der Waals surface area contributed by atoms with E-state index in [1.165, 1.54) is 0 Å². The van der Waals surface area contributed by atoms with E-state index >= 15 is 0 Å². The van der Waals surface area contributed by atoms with Crippen molar-refractivity contribution in [1.29, 1.82) is 0 Å². The van der Waals surface area contributed by atoms with Gasteiger partial charge in [-0.1, -0.05) is 37.3 Å². The molecule has 0 spiro atoms. The highest BCUT2D eigenvalue weighted by Crippen LogP contribution is 2.40. The van der Waals surface area contributed by atoms with Gasteiger partial charge in [-0.25, -0.2) is 0 Å². The Hall–Kier alpha value is -1.84. The molecule has 0 aliphatic heterocycles. The molecule has 1 aliphatic rings. The van der Waals surface area contributed by atoms with E-state index in [1.807, 2.05) is 49.1 Å². The molecular weight excluding hydrogens is 254 g/mol. The lowest BCUT2D eigenvalue weighted by Gasteiger charge is -2.29. The maximum Gasteiger partial charge on any atom is 0.307 e. The summed E-state index contributed by atoms with van der Waals surface area (Å²) in [4.78, 5) is 25.2. The number of amides is 1. The zero-order valence-electron chi connectivity index (χ0n) is 12.0. The van der Waals surface area contributed by atoms with Crippen LogP contribution >= 0.6 is 0 Å². The Balaban J connectivity index is 2.08. The first kappa shape index (κ1) is 14.6. The number of carbonyl (C=O) groups excluding carboxylic acids is 1. The van der Waals surface area contributed by atoms with Gasteiger partial charge in [-0.05, 0) is 25.3 Å². The fourth-order valence-corrected chi connectivity index (χ4v) is 2.41. The molecule has 4 nitrogen and oxygen atoms in total. The molecule has 1 aromatic rings. The van der Waals surface area contributed by atoms with Gasteiger partial charge in [-0.3, -0.25) is 9.59 Å². The molecule has 1 aliphatic carbocycles. The first-order valence-electron chi connectivity index (χ1n) is 7.11. The lowest BCUT2D eigenvalue weighted by atomic mass is 10.1. The topological polar surface area (TPSA) is 57.6 Å². The van der Waals surface area contributed by atoms with E-state index in [0.29, 0.717) is 13.0 Å². The van der Waals surface area contributed by atoms with Crippen LogP contribution in [0.15, 0.2) is 30.3 Å². The first-order valence-corrected chi connectivity index (χ1v) is 7.11. The predicted octanol–water partition coefficient (Wildman–Crippen LogP) is 2.53. The van der Waals surface area contributed by atoms with Crippen molar-refractivity contribution in [2.75, 3.05) is 0 Å². The summed E-state index contributed by atoms with van der Waals surface area (Å²) in [6.07, 6.45) is 1.35. The summed E-state index contributed by atoms with van der Waals surface area (Å²) in [5.41, 5.74) is 1.08. The van der Waals surface area contributed by atoms with Crippen molar-refractivity contribution < 1.29 is 14.7 Å². The minimum absolute atomic E-state index is 0.0180. The van der Waals surface area contributed by atoms with Crippen molar-refractivity contribution in [2.24, 2.45) is 11.8 Å². The van der Waals surface area contributed by atoms with Crippen molar-refractivity contribution in [2.45, 2.75) is 39.3 Å². The van der Waals surface area contributed by atoms with Crippen molar-refractivity contribution in [3.05, 3.63) is 35.9 Å². The van der Waals surface area contributed by atoms with Crippen molar-refractivity contribution in [3.8, 4) is 0 Å². The minimum atomic E-state index is -0.854. The number of nitrogens with zero attached hydrogens (tertiary/aromatic N) is 1. The second-order valence-electron chi connectivity index (χ2n) is 5.50. The van der Waals surface area contributed by atoms with Crippen LogP contribution in [0.4, 0.5) is 0 Å². The van der Waals surface area contributed by atoms with E-state index in [1.54, 1.807) is 0 Å². The smallest absolute Gasteiger partial charge is 0.307 e. The zero-order valence-corrected chi connectivity index (χ0v) is 12.0. The summed E-state index contributed by atoms with van der Waals surface area (Å²) in [7, 11) is 0. The molecule has 2 rings (SSSR count). The Morgan fingerprint density at radius 2 is 1.95 bits per heavy atom. The van der Waals surface area contributed by atoms with Crippen LogP contribution in [0.25, 0.3) is 0 Å². The SMILES string of the molecule is CCC(C)N(Cc1ccccc1)C(=O)[C@@H]1C[C@@H]1C(=O)O. The number of carboxylic acid groups (broad SMARTS) is 1. The van der Waals surface area contributed by atoms with Crippen LogP contribution in [0, 0.1) is 11.8 Å². The van der Waals surface area contributed by atoms with Gasteiger partial charge in [0.1, 0.15) is 0 Å². The van der Waals surface area contributed by atoms with Crippen LogP contribution in [-0.4, -0.2) is 27.9 Å². The van der Waals surface area contributed by atoms with Crippen LogP contribution in [0.2, 0.25) is 0 Å². The van der Waals surface area contributed by atoms with E-state index in [9.17, 15) is 9.59 Å². The van der Waals surface area contributed by atoms with E-state index in [4.69, 9.17) is 5.11 Å². The average Bonchev–Trinajstić information content (AvgIpc) is 3.25. The molecule has 1 amide bonds. The number of rotatable bonds is 6. The fraction of sp³-hybridized carbons (Fsp3) is 0.500. The Morgan fingerprint density at radius 3 is 2.45 bits per heavy atom. The Morgan fingerprint density at radius 1 is 1.30 bits per heavy atom. The molecule has 3 atom stereocenters. The summed E-state index contributed by atoms with van der Waals surface area (Å²) in [6.45, 7) is 4.61. The second kappa shape index (κ2) is 6.07. The lowest BCUT2D eigenvalue weighted by Crippen LogP contribution is -2.39. The van der Waals surface area contributed by atoms with Gasteiger partial charge in [-0.15, -0.1) is 0 Å². The molecule has 0 heterocycles. The lowest BCUT2D eigenvalue weighted by molar-refractivity contribution is -0.143. The molecule has 108 valence electrons. The number of carbonyl (C=O) groups is 2. The van der Waals surface area contributed by atoms with Crippen LogP contribution < -0.4 is 0 Å². The van der Waals surface area contributed by atoms with E-state index in [2.05, 4.69) is 0 Å². The molecule has 1 N–H and O–H groups in total. The minimum Gasteiger partial charge on any atom is -0.481 e. The Bertz CT molecular complexity index is 486. The number of aliphatic carboxylic acids is 1. The Labute approximate surface area is 119 Å². The normalized spacial score (nSPS) is 22.1. The maximum atomic E-state index is 12.5. The monoisotopic (exact) mass is 275 g/mol. The quantitative estimate of drug-likeness (QED) is 0.868. The molecule has 1 fully saturated rings. The summed E-state index contributed by atoms with van der Waals surface area (Å²) >= 11 is 0. The van der Waals surface area contributed by atoms with Crippen LogP contribution in [0.1, 0.15) is 32.3 Å². The van der Waals surface area contributed by atoms with Gasteiger partial charge in [0.15, 0.2) is 0 Å². The van der Waals surface area contributed by atoms with Crippen LogP contribution in [-0.2, 0) is 16.1 Å². The predicted molar refractivity (Wildman–Crippen MR) is 76.0 cm³/mol. The molecule has 20 heavy (non-hydrogen) atoms. The zero-order chi connectivity index (χ0) is 14.7. The molecule has 0 saturated heterocycles. The third-order valence-electron chi connectivity index (χ3n) is 4.03. The van der Waals surface area contributed by atoms with Gasteiger partial charge in [0.2, 0.25) is 5.91 Å². The standard InChI is InChI=1S/C16H21NO3/c1-3-11(2)17(10-12-7-5-4-6-8-12)15(18)13-9-14(13)16(19)20/h4-8,11,13-14H,3,9-10H2,1-2H3,(H,19,20)/t11?,13-,14+/m1/s1. The molecule has 1 aromatic carbocycles. The van der Waals surface area contributed by atoms with Crippen molar-refractivity contribution in [3.63, 3.8) is 0 Å². The third-order valence-corrected chi connectivity index (χ3v) is 4.03. The number of carboxylic acids is 1. The number of hydrogen-bond acceptors (Lipinski definition) is 2. The van der Waals surface area contributed by atoms with E-state index in [-0.39, 0.29) is 17.9 Å². The molecule has 0 bridgehead atoms. The van der Waals surface area contributed by atoms with Gasteiger partial charge in [0.05, 0.1) is 11.8 Å². The van der Waals surface area contributed by atoms with E-state index < -0.39 is 11.9 Å². The number of benzene rings is 1. The highest BCUT2D eigenvalue weighted by atomic mass is 16.4. The second-order valence-corrected chi connectivity index (χ2v) is 5.50. The largest absolute Gasteiger partial charge is 0.481 e. The summed E-state index contributed by atoms with van der Waals surface area (Å²) in [5.74, 6) is -1.68. The summed E-state index contributed by atoms with van der Waals surface area (Å²) in [6, 6.07) is 9.95. The van der Waals surface area contributed by atoms with Gasteiger partial charge in [0, 0.05) is 12.6 Å². The fourth-order valence-electron chi connectivity index (χ4n) is 2.41. The molecular formula is C16H21NO3. The number of hydrogen-bond donors (Lipinski definition) is 1. The van der Waals surface area contributed by atoms with Crippen molar-refractivity contribution >= 4 is 11.9 Å². The summed E-state index contributed by atoms with van der Waals surface area (Å²) in [5, 5.41) is 8.97. The summed E-state index contributed by atoms with van der Waals surface area (Å²) < 4.78 is 0. The first-order chi connectivity index (χ1) is 9.54. The molecule has 1 saturated carbocycles. The Kier molecular flexibility index (Phi) is 4.42. The molecule has 1 unspecified atom stereocenters. The van der Waals surface area contributed by atoms with Gasteiger partial charge < -0.3 is 10.0 Å².